The molecule has 118 valence electrons. The van der Waals surface area contributed by atoms with E-state index in [0.717, 1.165) is 12.1 Å². The molecule has 1 atom stereocenters. The van der Waals surface area contributed by atoms with Gasteiger partial charge in [0.05, 0.1) is 11.7 Å². The summed E-state index contributed by atoms with van der Waals surface area (Å²) in [6.07, 6.45) is -5.46. The van der Waals surface area contributed by atoms with Crippen molar-refractivity contribution in [1.82, 2.24) is 5.32 Å². The van der Waals surface area contributed by atoms with Crippen molar-refractivity contribution in [2.75, 3.05) is 0 Å². The molecule has 0 saturated heterocycles. The topological polar surface area (TPSA) is 38.3 Å². The highest BCUT2D eigenvalue weighted by molar-refractivity contribution is 5.80. The molecule has 0 saturated carbocycles. The molecule has 1 aromatic rings. The summed E-state index contributed by atoms with van der Waals surface area (Å²) in [6, 6.07) is 2.19. The number of amides is 1. The van der Waals surface area contributed by atoms with Crippen LogP contribution in [0.4, 0.5) is 17.6 Å². The van der Waals surface area contributed by atoms with Crippen molar-refractivity contribution in [1.29, 1.82) is 0 Å². The largest absolute Gasteiger partial charge is 0.416 e. The lowest BCUT2D eigenvalue weighted by Gasteiger charge is -2.16. The van der Waals surface area contributed by atoms with Crippen molar-refractivity contribution >= 4 is 5.91 Å². The molecule has 0 radical (unpaired) electrons. The molecule has 1 N–H and O–H groups in total. The van der Waals surface area contributed by atoms with E-state index < -0.39 is 29.6 Å². The van der Waals surface area contributed by atoms with E-state index in [2.05, 4.69) is 5.32 Å². The second kappa shape index (κ2) is 6.89. The number of carbonyl (C=O) groups excluding carboxylic acids is 1. The molecular weight excluding hydrogens is 290 g/mol. The van der Waals surface area contributed by atoms with Crippen LogP contribution in [0.5, 0.6) is 0 Å². The minimum atomic E-state index is -4.60. The van der Waals surface area contributed by atoms with Gasteiger partial charge in [-0.15, -0.1) is 0 Å². The van der Waals surface area contributed by atoms with Crippen LogP contribution in [0.3, 0.4) is 0 Å². The average Bonchev–Trinajstić information content (AvgIpc) is 2.34. The lowest BCUT2D eigenvalue weighted by Crippen LogP contribution is -2.35. The van der Waals surface area contributed by atoms with Crippen molar-refractivity contribution in [3.05, 3.63) is 35.1 Å². The second-order valence-electron chi connectivity index (χ2n) is 4.85. The van der Waals surface area contributed by atoms with E-state index in [0.29, 0.717) is 6.07 Å². The average molecular weight is 307 g/mol. The van der Waals surface area contributed by atoms with Crippen molar-refractivity contribution in [3.63, 3.8) is 0 Å². The zero-order valence-electron chi connectivity index (χ0n) is 11.9. The third-order valence-corrected chi connectivity index (χ3v) is 2.68. The van der Waals surface area contributed by atoms with E-state index in [-0.39, 0.29) is 18.2 Å². The van der Waals surface area contributed by atoms with Gasteiger partial charge in [0.2, 0.25) is 5.91 Å². The molecule has 3 nitrogen and oxygen atoms in total. The first-order chi connectivity index (χ1) is 9.61. The van der Waals surface area contributed by atoms with Crippen LogP contribution in [0.1, 0.15) is 31.9 Å². The van der Waals surface area contributed by atoms with Crippen LogP contribution in [-0.4, -0.2) is 18.1 Å². The Morgan fingerprint density at radius 1 is 1.29 bits per heavy atom. The van der Waals surface area contributed by atoms with Gasteiger partial charge in [-0.25, -0.2) is 4.39 Å². The molecule has 0 aliphatic carbocycles. The van der Waals surface area contributed by atoms with Crippen LogP contribution >= 0.6 is 0 Å². The first kappa shape index (κ1) is 17.4. The van der Waals surface area contributed by atoms with Crippen LogP contribution in [0.25, 0.3) is 0 Å². The van der Waals surface area contributed by atoms with Gasteiger partial charge in [-0.1, -0.05) is 6.07 Å². The molecule has 0 fully saturated rings. The predicted octanol–water partition coefficient (Wildman–Crippen LogP) is 3.27. The molecule has 0 unspecified atom stereocenters. The number of alkyl halides is 3. The smallest absolute Gasteiger partial charge is 0.366 e. The Morgan fingerprint density at radius 3 is 2.38 bits per heavy atom. The lowest BCUT2D eigenvalue weighted by atomic mass is 10.1. The summed E-state index contributed by atoms with van der Waals surface area (Å²) in [4.78, 5) is 11.7. The van der Waals surface area contributed by atoms with Crippen LogP contribution in [0.2, 0.25) is 0 Å². The molecule has 0 aromatic heterocycles. The Bertz CT molecular complexity index is 500. The molecule has 0 heterocycles. The third kappa shape index (κ3) is 5.34. The number of hydrogen-bond acceptors (Lipinski definition) is 2. The lowest BCUT2D eigenvalue weighted by molar-refractivity contribution is -0.138. The number of hydrogen-bond donors (Lipinski definition) is 1. The molecule has 0 bridgehead atoms. The highest BCUT2D eigenvalue weighted by atomic mass is 19.4. The molecule has 0 aliphatic heterocycles. The fraction of sp³-hybridized carbons (Fsp3) is 0.500. The minimum absolute atomic E-state index is 0.0203. The molecule has 1 aromatic carbocycles. The molecule has 1 amide bonds. The van der Waals surface area contributed by atoms with E-state index >= 15 is 0 Å². The number of ether oxygens (including phenoxy) is 1. The van der Waals surface area contributed by atoms with E-state index in [9.17, 15) is 22.4 Å². The van der Waals surface area contributed by atoms with Gasteiger partial charge in [0.25, 0.3) is 0 Å². The maximum absolute atomic E-state index is 13.6. The van der Waals surface area contributed by atoms with Crippen molar-refractivity contribution in [2.24, 2.45) is 0 Å². The first-order valence-corrected chi connectivity index (χ1v) is 6.40. The van der Waals surface area contributed by atoms with Crippen molar-refractivity contribution in [3.8, 4) is 0 Å². The number of carbonyl (C=O) groups is 1. The number of halogens is 4. The Kier molecular flexibility index (Phi) is 5.71. The number of rotatable bonds is 5. The fourth-order valence-electron chi connectivity index (χ4n) is 1.66. The van der Waals surface area contributed by atoms with Crippen molar-refractivity contribution in [2.45, 2.75) is 45.7 Å². The Labute approximate surface area is 120 Å². The molecule has 1 rings (SSSR count). The highest BCUT2D eigenvalue weighted by Gasteiger charge is 2.31. The monoisotopic (exact) mass is 307 g/mol. The van der Waals surface area contributed by atoms with Crippen LogP contribution in [-0.2, 0) is 22.3 Å². The summed E-state index contributed by atoms with van der Waals surface area (Å²) in [7, 11) is 0. The molecule has 0 spiro atoms. The molecule has 0 aliphatic rings. The van der Waals surface area contributed by atoms with Crippen molar-refractivity contribution < 1.29 is 27.1 Å². The summed E-state index contributed by atoms with van der Waals surface area (Å²) in [5.41, 5.74) is -1.08. The van der Waals surface area contributed by atoms with Crippen LogP contribution < -0.4 is 5.32 Å². The zero-order valence-corrected chi connectivity index (χ0v) is 11.9. The summed E-state index contributed by atoms with van der Waals surface area (Å²) < 4.78 is 56.0. The Morgan fingerprint density at radius 2 is 1.90 bits per heavy atom. The number of benzene rings is 1. The molecule has 7 heteroatoms. The predicted molar refractivity (Wildman–Crippen MR) is 68.9 cm³/mol. The Hall–Kier alpha value is -1.63. The van der Waals surface area contributed by atoms with Crippen LogP contribution in [0.15, 0.2) is 18.2 Å². The van der Waals surface area contributed by atoms with Gasteiger partial charge >= 0.3 is 6.18 Å². The maximum atomic E-state index is 13.6. The zero-order chi connectivity index (χ0) is 16.2. The van der Waals surface area contributed by atoms with E-state index in [1.165, 1.54) is 0 Å². The van der Waals surface area contributed by atoms with Gasteiger partial charge in [0, 0.05) is 12.1 Å². The van der Waals surface area contributed by atoms with E-state index in [1.54, 1.807) is 20.8 Å². The van der Waals surface area contributed by atoms with Gasteiger partial charge in [-0.2, -0.15) is 13.2 Å². The standard InChI is InChI=1S/C14H17F4NO2/c1-8(2)21-9(3)13(20)19-7-10-4-5-11(6-12(10)15)14(16,17)18/h4-6,8-9H,7H2,1-3H3,(H,19,20)/t9-/m0/s1. The fourth-order valence-corrected chi connectivity index (χ4v) is 1.66. The van der Waals surface area contributed by atoms with Crippen LogP contribution in [0, 0.1) is 5.82 Å². The normalized spacial score (nSPS) is 13.3. The van der Waals surface area contributed by atoms with Gasteiger partial charge < -0.3 is 10.1 Å². The molecular formula is C14H17F4NO2. The van der Waals surface area contributed by atoms with Gasteiger partial charge in [-0.3, -0.25) is 4.79 Å². The van der Waals surface area contributed by atoms with Gasteiger partial charge in [0.15, 0.2) is 0 Å². The SMILES string of the molecule is CC(C)O[C@@H](C)C(=O)NCc1ccc(C(F)(F)F)cc1F. The highest BCUT2D eigenvalue weighted by Crippen LogP contribution is 2.30. The number of nitrogens with one attached hydrogen (secondary N) is 1. The molecule has 21 heavy (non-hydrogen) atoms. The summed E-state index contributed by atoms with van der Waals surface area (Å²) in [5.74, 6) is -1.47. The first-order valence-electron chi connectivity index (χ1n) is 6.40. The maximum Gasteiger partial charge on any atom is 0.416 e. The summed E-state index contributed by atoms with van der Waals surface area (Å²) >= 11 is 0. The third-order valence-electron chi connectivity index (χ3n) is 2.68. The van der Waals surface area contributed by atoms with E-state index in [1.807, 2.05) is 0 Å². The minimum Gasteiger partial charge on any atom is -0.366 e. The van der Waals surface area contributed by atoms with E-state index in [4.69, 9.17) is 4.74 Å². The summed E-state index contributed by atoms with van der Waals surface area (Å²) in [6.45, 7) is 4.87. The quantitative estimate of drug-likeness (QED) is 0.848. The van der Waals surface area contributed by atoms with Gasteiger partial charge in [0.1, 0.15) is 11.9 Å². The summed E-state index contributed by atoms with van der Waals surface area (Å²) in [5, 5.41) is 2.42. The van der Waals surface area contributed by atoms with Gasteiger partial charge in [-0.05, 0) is 32.9 Å². The Balaban J connectivity index is 2.66. The second-order valence-corrected chi connectivity index (χ2v) is 4.85.